The number of nitrogens with zero attached hydrogens (tertiary/aromatic N) is 2. The monoisotopic (exact) mass is 343 g/mol. The number of nitrogens with one attached hydrogen (secondary N) is 2. The summed E-state index contributed by atoms with van der Waals surface area (Å²) in [7, 11) is 1.69. The van der Waals surface area contributed by atoms with Crippen LogP contribution in [0.2, 0.25) is 0 Å². The van der Waals surface area contributed by atoms with Crippen LogP contribution in [0.1, 0.15) is 35.9 Å². The molecular formula is C19H29N5O. The maximum atomic E-state index is 6.34. The second-order valence-corrected chi connectivity index (χ2v) is 6.49. The molecule has 0 radical (unpaired) electrons. The van der Waals surface area contributed by atoms with E-state index in [1.54, 1.807) is 7.11 Å². The van der Waals surface area contributed by atoms with Crippen molar-refractivity contribution in [1.29, 1.82) is 0 Å². The van der Waals surface area contributed by atoms with E-state index in [9.17, 15) is 0 Å². The SMILES string of the molecule is CCC(COC)Nc1nc(C)nc(Nc2c(C)cc(C)cc2C)c1N. The van der Waals surface area contributed by atoms with Gasteiger partial charge in [0.05, 0.1) is 12.6 Å². The van der Waals surface area contributed by atoms with Crippen LogP contribution in [0.15, 0.2) is 12.1 Å². The lowest BCUT2D eigenvalue weighted by atomic mass is 10.1. The van der Waals surface area contributed by atoms with Crippen molar-refractivity contribution in [2.75, 3.05) is 30.1 Å². The fourth-order valence-corrected chi connectivity index (χ4v) is 2.94. The summed E-state index contributed by atoms with van der Waals surface area (Å²) in [6.07, 6.45) is 0.912. The van der Waals surface area contributed by atoms with Gasteiger partial charge < -0.3 is 21.1 Å². The number of methoxy groups -OCH3 is 1. The summed E-state index contributed by atoms with van der Waals surface area (Å²) in [4.78, 5) is 8.96. The molecule has 0 saturated carbocycles. The lowest BCUT2D eigenvalue weighted by Crippen LogP contribution is -2.25. The molecule has 0 aliphatic heterocycles. The van der Waals surface area contributed by atoms with Gasteiger partial charge in [-0.25, -0.2) is 9.97 Å². The first-order valence-electron chi connectivity index (χ1n) is 8.60. The number of rotatable bonds is 7. The quantitative estimate of drug-likeness (QED) is 0.707. The molecule has 0 bridgehead atoms. The Morgan fingerprint density at radius 3 is 2.24 bits per heavy atom. The Morgan fingerprint density at radius 1 is 1.08 bits per heavy atom. The number of hydrogen-bond acceptors (Lipinski definition) is 6. The topological polar surface area (TPSA) is 85.1 Å². The summed E-state index contributed by atoms with van der Waals surface area (Å²) in [6, 6.07) is 4.44. The van der Waals surface area contributed by atoms with E-state index in [-0.39, 0.29) is 6.04 Å². The smallest absolute Gasteiger partial charge is 0.159 e. The highest BCUT2D eigenvalue weighted by Crippen LogP contribution is 2.31. The van der Waals surface area contributed by atoms with Crippen molar-refractivity contribution in [2.24, 2.45) is 0 Å². The highest BCUT2D eigenvalue weighted by molar-refractivity contribution is 5.79. The maximum absolute atomic E-state index is 6.34. The Hall–Kier alpha value is -2.34. The minimum Gasteiger partial charge on any atom is -0.393 e. The Kier molecular flexibility index (Phi) is 6.20. The van der Waals surface area contributed by atoms with Gasteiger partial charge in [0.2, 0.25) is 0 Å². The zero-order chi connectivity index (χ0) is 18.6. The van der Waals surface area contributed by atoms with Gasteiger partial charge in [0.15, 0.2) is 11.6 Å². The van der Waals surface area contributed by atoms with E-state index in [0.717, 1.165) is 23.2 Å². The van der Waals surface area contributed by atoms with Crippen molar-refractivity contribution >= 4 is 23.0 Å². The fraction of sp³-hybridized carbons (Fsp3) is 0.474. The van der Waals surface area contributed by atoms with E-state index in [0.29, 0.717) is 29.8 Å². The first-order valence-corrected chi connectivity index (χ1v) is 8.60. The molecule has 6 heteroatoms. The molecule has 1 atom stereocenters. The van der Waals surface area contributed by atoms with E-state index in [2.05, 4.69) is 60.4 Å². The van der Waals surface area contributed by atoms with Gasteiger partial charge in [0.25, 0.3) is 0 Å². The zero-order valence-electron chi connectivity index (χ0n) is 16.0. The minimum atomic E-state index is 0.150. The highest BCUT2D eigenvalue weighted by atomic mass is 16.5. The van der Waals surface area contributed by atoms with Crippen molar-refractivity contribution in [3.05, 3.63) is 34.6 Å². The second-order valence-electron chi connectivity index (χ2n) is 6.49. The van der Waals surface area contributed by atoms with Crippen LogP contribution in [0.3, 0.4) is 0 Å². The second kappa shape index (κ2) is 8.16. The van der Waals surface area contributed by atoms with E-state index in [1.807, 2.05) is 6.92 Å². The van der Waals surface area contributed by atoms with Crippen LogP contribution in [-0.2, 0) is 4.74 Å². The summed E-state index contributed by atoms with van der Waals surface area (Å²) in [5.41, 5.74) is 11.4. The Labute approximate surface area is 150 Å². The summed E-state index contributed by atoms with van der Waals surface area (Å²) in [6.45, 7) is 10.8. The predicted molar refractivity (Wildman–Crippen MR) is 105 cm³/mol. The first kappa shape index (κ1) is 19.0. The molecule has 0 amide bonds. The van der Waals surface area contributed by atoms with Crippen LogP contribution in [-0.4, -0.2) is 29.7 Å². The van der Waals surface area contributed by atoms with Crippen molar-refractivity contribution in [3.8, 4) is 0 Å². The van der Waals surface area contributed by atoms with Gasteiger partial charge in [-0.3, -0.25) is 0 Å². The molecule has 2 aromatic rings. The number of ether oxygens (including phenoxy) is 1. The van der Waals surface area contributed by atoms with E-state index in [1.165, 1.54) is 5.56 Å². The number of aryl methyl sites for hydroxylation is 4. The Balaban J connectivity index is 2.36. The van der Waals surface area contributed by atoms with Gasteiger partial charge in [-0.05, 0) is 45.2 Å². The maximum Gasteiger partial charge on any atom is 0.159 e. The van der Waals surface area contributed by atoms with Crippen molar-refractivity contribution in [1.82, 2.24) is 9.97 Å². The molecule has 136 valence electrons. The number of hydrogen-bond donors (Lipinski definition) is 3. The number of nitrogen functional groups attached to an aromatic ring is 1. The molecule has 0 aliphatic carbocycles. The third kappa shape index (κ3) is 4.60. The van der Waals surface area contributed by atoms with Gasteiger partial charge in [0, 0.05) is 12.8 Å². The normalized spacial score (nSPS) is 12.1. The number of aromatic nitrogens is 2. The van der Waals surface area contributed by atoms with Gasteiger partial charge in [-0.2, -0.15) is 0 Å². The third-order valence-corrected chi connectivity index (χ3v) is 4.18. The summed E-state index contributed by atoms with van der Waals surface area (Å²) < 4.78 is 5.24. The lowest BCUT2D eigenvalue weighted by molar-refractivity contribution is 0.184. The molecular weight excluding hydrogens is 314 g/mol. The standard InChI is InChI=1S/C19H29N5O/c1-7-15(10-25-6)23-18-16(20)19(22-14(5)21-18)24-17-12(3)8-11(2)9-13(17)4/h8-9,15H,7,10,20H2,1-6H3,(H2,21,22,23,24). The molecule has 1 heterocycles. The molecule has 0 fully saturated rings. The number of anilines is 4. The van der Waals surface area contributed by atoms with Gasteiger partial charge in [-0.15, -0.1) is 0 Å². The summed E-state index contributed by atoms with van der Waals surface area (Å²) in [5, 5.41) is 6.76. The highest BCUT2D eigenvalue weighted by Gasteiger charge is 2.15. The Morgan fingerprint density at radius 2 is 1.68 bits per heavy atom. The van der Waals surface area contributed by atoms with Gasteiger partial charge in [0.1, 0.15) is 11.5 Å². The van der Waals surface area contributed by atoms with Crippen LogP contribution < -0.4 is 16.4 Å². The molecule has 1 aromatic carbocycles. The van der Waals surface area contributed by atoms with Crippen LogP contribution in [0.25, 0.3) is 0 Å². The number of nitrogens with two attached hydrogens (primary N) is 1. The molecule has 4 N–H and O–H groups in total. The van der Waals surface area contributed by atoms with Crippen LogP contribution in [0.5, 0.6) is 0 Å². The average molecular weight is 343 g/mol. The van der Waals surface area contributed by atoms with E-state index < -0.39 is 0 Å². The molecule has 25 heavy (non-hydrogen) atoms. The Bertz CT molecular complexity index is 722. The average Bonchev–Trinajstić information content (AvgIpc) is 2.54. The lowest BCUT2D eigenvalue weighted by Gasteiger charge is -2.20. The first-order chi connectivity index (χ1) is 11.8. The van der Waals surface area contributed by atoms with E-state index in [4.69, 9.17) is 10.5 Å². The predicted octanol–water partition coefficient (Wildman–Crippen LogP) is 3.87. The van der Waals surface area contributed by atoms with Gasteiger partial charge >= 0.3 is 0 Å². The van der Waals surface area contributed by atoms with Crippen LogP contribution >= 0.6 is 0 Å². The minimum absolute atomic E-state index is 0.150. The third-order valence-electron chi connectivity index (χ3n) is 4.18. The van der Waals surface area contributed by atoms with Gasteiger partial charge in [-0.1, -0.05) is 24.6 Å². The van der Waals surface area contributed by atoms with E-state index >= 15 is 0 Å². The summed E-state index contributed by atoms with van der Waals surface area (Å²) >= 11 is 0. The molecule has 0 saturated heterocycles. The molecule has 1 unspecified atom stereocenters. The largest absolute Gasteiger partial charge is 0.393 e. The number of benzene rings is 1. The molecule has 1 aromatic heterocycles. The van der Waals surface area contributed by atoms with Crippen LogP contribution in [0.4, 0.5) is 23.0 Å². The molecule has 0 spiro atoms. The van der Waals surface area contributed by atoms with Crippen LogP contribution in [0, 0.1) is 27.7 Å². The molecule has 2 rings (SSSR count). The van der Waals surface area contributed by atoms with Crippen molar-refractivity contribution in [2.45, 2.75) is 47.1 Å². The molecule has 6 nitrogen and oxygen atoms in total. The summed E-state index contributed by atoms with van der Waals surface area (Å²) in [5.74, 6) is 1.92. The molecule has 0 aliphatic rings. The van der Waals surface area contributed by atoms with Crippen molar-refractivity contribution in [3.63, 3.8) is 0 Å². The fourth-order valence-electron chi connectivity index (χ4n) is 2.94. The van der Waals surface area contributed by atoms with Crippen molar-refractivity contribution < 1.29 is 4.74 Å². The zero-order valence-corrected chi connectivity index (χ0v) is 16.0.